The summed E-state index contributed by atoms with van der Waals surface area (Å²) in [7, 11) is 0. The van der Waals surface area contributed by atoms with Gasteiger partial charge in [0, 0.05) is 23.4 Å². The zero-order valence-corrected chi connectivity index (χ0v) is 11.9. The quantitative estimate of drug-likeness (QED) is 0.721. The Balaban J connectivity index is 2.09. The van der Waals surface area contributed by atoms with E-state index < -0.39 is 0 Å². The van der Waals surface area contributed by atoms with Crippen molar-refractivity contribution in [3.8, 4) is 0 Å². The van der Waals surface area contributed by atoms with E-state index in [1.165, 1.54) is 32.4 Å². The first-order valence-corrected chi connectivity index (χ1v) is 6.61. The van der Waals surface area contributed by atoms with E-state index in [1.54, 1.807) is 0 Å². The number of hydrogen-bond acceptors (Lipinski definition) is 2. The van der Waals surface area contributed by atoms with Gasteiger partial charge in [-0.25, -0.2) is 0 Å². The molecule has 0 aromatic rings. The maximum Gasteiger partial charge on any atom is 0.0125 e. The van der Waals surface area contributed by atoms with E-state index >= 15 is 0 Å². The van der Waals surface area contributed by atoms with Gasteiger partial charge in [0.15, 0.2) is 0 Å². The lowest BCUT2D eigenvalue weighted by Gasteiger charge is -2.48. The molecule has 0 saturated carbocycles. The van der Waals surface area contributed by atoms with Crippen LogP contribution in [0.15, 0.2) is 0 Å². The minimum absolute atomic E-state index is 0.216. The second kappa shape index (κ2) is 4.67. The van der Waals surface area contributed by atoms with Gasteiger partial charge >= 0.3 is 0 Å². The zero-order chi connectivity index (χ0) is 11.7. The van der Waals surface area contributed by atoms with Crippen LogP contribution in [0.2, 0.25) is 0 Å². The molecule has 0 amide bonds. The Kier molecular flexibility index (Phi) is 4.16. The molecule has 90 valence electrons. The van der Waals surface area contributed by atoms with E-state index in [4.69, 9.17) is 0 Å². The topological polar surface area (TPSA) is 3.24 Å². The molecule has 2 heteroatoms. The Bertz CT molecular complexity index is 194. The minimum Gasteiger partial charge on any atom is -0.298 e. The highest BCUT2D eigenvalue weighted by molar-refractivity contribution is 7.81. The lowest BCUT2D eigenvalue weighted by molar-refractivity contribution is 0.00942. The van der Waals surface area contributed by atoms with Crippen LogP contribution in [0.1, 0.15) is 53.9 Å². The minimum atomic E-state index is 0.216. The van der Waals surface area contributed by atoms with E-state index in [2.05, 4.69) is 52.1 Å². The fourth-order valence-corrected chi connectivity index (χ4v) is 2.28. The van der Waals surface area contributed by atoms with Crippen molar-refractivity contribution in [2.45, 2.75) is 64.2 Å². The van der Waals surface area contributed by atoms with Crippen molar-refractivity contribution in [2.24, 2.45) is 5.92 Å². The number of hydrogen-bond donors (Lipinski definition) is 1. The molecule has 1 aliphatic rings. The molecule has 1 nitrogen and oxygen atoms in total. The third-order valence-electron chi connectivity index (χ3n) is 3.31. The number of rotatable bonds is 4. The summed E-state index contributed by atoms with van der Waals surface area (Å²) in [5.41, 5.74) is 0.374. The number of nitrogens with zero attached hydrogens (tertiary/aromatic N) is 1. The second-order valence-electron chi connectivity index (χ2n) is 6.65. The van der Waals surface area contributed by atoms with Crippen LogP contribution in [-0.2, 0) is 0 Å². The lowest BCUT2D eigenvalue weighted by Crippen LogP contribution is -2.55. The molecular weight excluding hydrogens is 202 g/mol. The van der Waals surface area contributed by atoms with Gasteiger partial charge in [-0.1, -0.05) is 20.3 Å². The van der Waals surface area contributed by atoms with Crippen molar-refractivity contribution in [1.29, 1.82) is 0 Å². The van der Waals surface area contributed by atoms with Crippen LogP contribution in [-0.4, -0.2) is 28.3 Å². The van der Waals surface area contributed by atoms with Crippen LogP contribution in [0, 0.1) is 5.92 Å². The van der Waals surface area contributed by atoms with Crippen molar-refractivity contribution < 1.29 is 0 Å². The standard InChI is InChI=1S/C13H27NS/c1-12(2,3)14-9-11(10-14)7-6-8-13(4,5)15/h11,15H,6-10H2,1-5H3. The summed E-state index contributed by atoms with van der Waals surface area (Å²) in [6.07, 6.45) is 3.96. The summed E-state index contributed by atoms with van der Waals surface area (Å²) in [5.74, 6) is 0.944. The third-order valence-corrected chi connectivity index (χ3v) is 3.53. The molecule has 1 saturated heterocycles. The van der Waals surface area contributed by atoms with Gasteiger partial charge in [-0.2, -0.15) is 12.6 Å². The molecular formula is C13H27NS. The molecule has 0 unspecified atom stereocenters. The number of likely N-dealkylation sites (tertiary alicyclic amines) is 1. The highest BCUT2D eigenvalue weighted by Gasteiger charge is 2.33. The molecule has 0 aromatic heterocycles. The summed E-state index contributed by atoms with van der Waals surface area (Å²) >= 11 is 4.56. The Morgan fingerprint density at radius 2 is 1.67 bits per heavy atom. The van der Waals surface area contributed by atoms with Gasteiger partial charge in [0.1, 0.15) is 0 Å². The average Bonchev–Trinajstić information content (AvgIpc) is 1.88. The zero-order valence-electron chi connectivity index (χ0n) is 11.0. The fourth-order valence-electron chi connectivity index (χ4n) is 2.12. The van der Waals surface area contributed by atoms with Crippen molar-refractivity contribution in [3.05, 3.63) is 0 Å². The fraction of sp³-hybridized carbons (Fsp3) is 1.00. The average molecular weight is 229 g/mol. The van der Waals surface area contributed by atoms with E-state index in [1.807, 2.05) is 0 Å². The Labute approximate surface area is 101 Å². The predicted molar refractivity (Wildman–Crippen MR) is 71.7 cm³/mol. The van der Waals surface area contributed by atoms with Crippen LogP contribution in [0.4, 0.5) is 0 Å². The lowest BCUT2D eigenvalue weighted by atomic mass is 9.88. The first-order valence-electron chi connectivity index (χ1n) is 6.16. The van der Waals surface area contributed by atoms with Crippen LogP contribution in [0.25, 0.3) is 0 Å². The first kappa shape index (κ1) is 13.4. The summed E-state index contributed by atoms with van der Waals surface area (Å²) in [6, 6.07) is 0. The molecule has 0 atom stereocenters. The van der Waals surface area contributed by atoms with Gasteiger partial charge in [-0.05, 0) is 39.5 Å². The molecule has 1 heterocycles. The summed E-state index contributed by atoms with van der Waals surface area (Å²) in [4.78, 5) is 2.57. The van der Waals surface area contributed by atoms with Crippen LogP contribution < -0.4 is 0 Å². The Hall–Kier alpha value is 0.310. The van der Waals surface area contributed by atoms with Crippen LogP contribution in [0.5, 0.6) is 0 Å². The SMILES string of the molecule is CC(C)(S)CCCC1CN(C(C)(C)C)C1. The molecule has 0 radical (unpaired) electrons. The van der Waals surface area contributed by atoms with Gasteiger partial charge < -0.3 is 0 Å². The predicted octanol–water partition coefficient (Wildman–Crippen LogP) is 3.60. The largest absolute Gasteiger partial charge is 0.298 e. The molecule has 0 bridgehead atoms. The summed E-state index contributed by atoms with van der Waals surface area (Å²) in [5, 5.41) is 0. The Morgan fingerprint density at radius 1 is 1.13 bits per heavy atom. The highest BCUT2D eigenvalue weighted by Crippen LogP contribution is 2.30. The molecule has 0 aliphatic carbocycles. The molecule has 1 fully saturated rings. The van der Waals surface area contributed by atoms with Crippen LogP contribution >= 0.6 is 12.6 Å². The van der Waals surface area contributed by atoms with E-state index in [0.717, 1.165) is 5.92 Å². The first-order chi connectivity index (χ1) is 6.68. The van der Waals surface area contributed by atoms with E-state index in [-0.39, 0.29) is 4.75 Å². The smallest absolute Gasteiger partial charge is 0.0125 e. The maximum atomic E-state index is 4.56. The van der Waals surface area contributed by atoms with Crippen molar-refractivity contribution in [2.75, 3.05) is 13.1 Å². The van der Waals surface area contributed by atoms with Gasteiger partial charge in [0.05, 0.1) is 0 Å². The number of thiol groups is 1. The monoisotopic (exact) mass is 229 g/mol. The summed E-state index contributed by atoms with van der Waals surface area (Å²) in [6.45, 7) is 13.9. The van der Waals surface area contributed by atoms with E-state index in [9.17, 15) is 0 Å². The van der Waals surface area contributed by atoms with E-state index in [0.29, 0.717) is 5.54 Å². The summed E-state index contributed by atoms with van der Waals surface area (Å²) < 4.78 is 0.216. The van der Waals surface area contributed by atoms with Gasteiger partial charge in [-0.3, -0.25) is 4.90 Å². The van der Waals surface area contributed by atoms with Crippen molar-refractivity contribution in [1.82, 2.24) is 4.90 Å². The maximum absolute atomic E-state index is 4.56. The van der Waals surface area contributed by atoms with Gasteiger partial charge in [0.2, 0.25) is 0 Å². The second-order valence-corrected chi connectivity index (χ2v) is 7.86. The molecule has 1 rings (SSSR count). The van der Waals surface area contributed by atoms with Gasteiger partial charge in [-0.15, -0.1) is 0 Å². The molecule has 0 aromatic carbocycles. The molecule has 15 heavy (non-hydrogen) atoms. The molecule has 0 N–H and O–H groups in total. The van der Waals surface area contributed by atoms with Crippen molar-refractivity contribution in [3.63, 3.8) is 0 Å². The van der Waals surface area contributed by atoms with Gasteiger partial charge in [0.25, 0.3) is 0 Å². The third kappa shape index (κ3) is 4.78. The van der Waals surface area contributed by atoms with Crippen molar-refractivity contribution >= 4 is 12.6 Å². The Morgan fingerprint density at radius 3 is 2.07 bits per heavy atom. The molecule has 1 aliphatic heterocycles. The van der Waals surface area contributed by atoms with Crippen LogP contribution in [0.3, 0.4) is 0 Å². The highest BCUT2D eigenvalue weighted by atomic mass is 32.1. The molecule has 0 spiro atoms. The normalized spacial score (nSPS) is 20.4.